The van der Waals surface area contributed by atoms with Gasteiger partial charge >= 0.3 is 0 Å². The summed E-state index contributed by atoms with van der Waals surface area (Å²) >= 11 is 0. The molecule has 0 radical (unpaired) electrons. The number of nitrogens with one attached hydrogen (secondary N) is 1. The Kier molecular flexibility index (Phi) is 5.94. The molecule has 3 unspecified atom stereocenters. The molecule has 0 bridgehead atoms. The summed E-state index contributed by atoms with van der Waals surface area (Å²) in [4.78, 5) is 12.1. The zero-order valence-electron chi connectivity index (χ0n) is 12.5. The van der Waals surface area contributed by atoms with Crippen molar-refractivity contribution >= 4 is 22.4 Å². The predicted molar refractivity (Wildman–Crippen MR) is 87.4 cm³/mol. The van der Waals surface area contributed by atoms with Crippen molar-refractivity contribution in [3.8, 4) is 0 Å². The molecule has 1 saturated carbocycles. The average molecular weight is 308 g/mol. The summed E-state index contributed by atoms with van der Waals surface area (Å²) in [6.45, 7) is 2.57. The Bertz CT molecular complexity index is 519. The van der Waals surface area contributed by atoms with E-state index in [1.165, 1.54) is 6.42 Å². The molecule has 0 heterocycles. The van der Waals surface area contributed by atoms with Gasteiger partial charge < -0.3 is 11.1 Å². The molecule has 5 heteroatoms. The fourth-order valence-corrected chi connectivity index (χ4v) is 4.41. The first-order valence-corrected chi connectivity index (χ1v) is 8.93. The van der Waals surface area contributed by atoms with Gasteiger partial charge in [-0.25, -0.2) is 0 Å². The van der Waals surface area contributed by atoms with Crippen molar-refractivity contribution in [3.05, 3.63) is 29.8 Å². The highest BCUT2D eigenvalue weighted by molar-refractivity contribution is 7.86. The standard InChI is InChI=1S/C16H24N2O2S/c1-12-5-4-7-14(9-12)21(20)11-16(19)18-15-8-3-2-6-13(15)10-17/h2-3,6,8,12,14H,4-5,7,9-11,17H2,1H3,(H,18,19). The Balaban J connectivity index is 1.90. The largest absolute Gasteiger partial charge is 0.326 e. The lowest BCUT2D eigenvalue weighted by molar-refractivity contribution is -0.113. The van der Waals surface area contributed by atoms with Crippen LogP contribution in [0.15, 0.2) is 24.3 Å². The number of hydrogen-bond acceptors (Lipinski definition) is 3. The summed E-state index contributed by atoms with van der Waals surface area (Å²) in [6.07, 6.45) is 4.28. The monoisotopic (exact) mass is 308 g/mol. The number of nitrogens with two attached hydrogens (primary N) is 1. The van der Waals surface area contributed by atoms with Crippen LogP contribution in [0.2, 0.25) is 0 Å². The SMILES string of the molecule is CC1CCCC(S(=O)CC(=O)Nc2ccccc2CN)C1. The summed E-state index contributed by atoms with van der Waals surface area (Å²) in [5.74, 6) is 0.511. The summed E-state index contributed by atoms with van der Waals surface area (Å²) in [6, 6.07) is 7.45. The Labute approximate surface area is 129 Å². The van der Waals surface area contributed by atoms with E-state index in [0.29, 0.717) is 12.5 Å². The van der Waals surface area contributed by atoms with Gasteiger partial charge in [-0.1, -0.05) is 38.0 Å². The first kappa shape index (κ1) is 16.2. The molecular formula is C16H24N2O2S. The highest BCUT2D eigenvalue weighted by Crippen LogP contribution is 2.27. The first-order chi connectivity index (χ1) is 10.1. The molecule has 1 aliphatic carbocycles. The van der Waals surface area contributed by atoms with E-state index in [9.17, 15) is 9.00 Å². The molecule has 1 fully saturated rings. The zero-order chi connectivity index (χ0) is 15.2. The molecule has 1 aliphatic rings. The van der Waals surface area contributed by atoms with Gasteiger partial charge in [0.1, 0.15) is 5.75 Å². The Morgan fingerprint density at radius 3 is 2.86 bits per heavy atom. The smallest absolute Gasteiger partial charge is 0.237 e. The van der Waals surface area contributed by atoms with Crippen LogP contribution in [-0.4, -0.2) is 21.1 Å². The van der Waals surface area contributed by atoms with Gasteiger partial charge in [-0.2, -0.15) is 0 Å². The molecule has 2 rings (SSSR count). The van der Waals surface area contributed by atoms with Crippen LogP contribution in [0, 0.1) is 5.92 Å². The van der Waals surface area contributed by atoms with E-state index in [1.54, 1.807) is 0 Å². The van der Waals surface area contributed by atoms with Crippen molar-refractivity contribution < 1.29 is 9.00 Å². The van der Waals surface area contributed by atoms with E-state index < -0.39 is 10.8 Å². The lowest BCUT2D eigenvalue weighted by atomic mass is 9.91. The number of amides is 1. The van der Waals surface area contributed by atoms with E-state index in [2.05, 4.69) is 12.2 Å². The van der Waals surface area contributed by atoms with E-state index in [4.69, 9.17) is 5.73 Å². The third-order valence-corrected chi connectivity index (χ3v) is 5.76. The van der Waals surface area contributed by atoms with E-state index in [-0.39, 0.29) is 16.9 Å². The fraction of sp³-hybridized carbons (Fsp3) is 0.562. The van der Waals surface area contributed by atoms with Gasteiger partial charge in [0.25, 0.3) is 0 Å². The topological polar surface area (TPSA) is 72.2 Å². The van der Waals surface area contributed by atoms with Gasteiger partial charge in [-0.15, -0.1) is 0 Å². The number of carbonyl (C=O) groups is 1. The fourth-order valence-electron chi connectivity index (χ4n) is 2.87. The first-order valence-electron chi connectivity index (χ1n) is 7.55. The number of rotatable bonds is 5. The third-order valence-electron chi connectivity index (χ3n) is 4.04. The maximum Gasteiger partial charge on any atom is 0.237 e. The van der Waals surface area contributed by atoms with Crippen molar-refractivity contribution in [1.82, 2.24) is 0 Å². The Morgan fingerprint density at radius 2 is 2.14 bits per heavy atom. The van der Waals surface area contributed by atoms with Crippen molar-refractivity contribution in [3.63, 3.8) is 0 Å². The minimum absolute atomic E-state index is 0.0797. The maximum atomic E-state index is 12.3. The Morgan fingerprint density at radius 1 is 1.38 bits per heavy atom. The van der Waals surface area contributed by atoms with Crippen molar-refractivity contribution in [2.75, 3.05) is 11.1 Å². The van der Waals surface area contributed by atoms with Gasteiger partial charge in [0.05, 0.1) is 0 Å². The summed E-state index contributed by atoms with van der Waals surface area (Å²) < 4.78 is 12.3. The average Bonchev–Trinajstić information content (AvgIpc) is 2.47. The summed E-state index contributed by atoms with van der Waals surface area (Å²) in [5.41, 5.74) is 7.26. The van der Waals surface area contributed by atoms with Crippen LogP contribution in [0.1, 0.15) is 38.2 Å². The van der Waals surface area contributed by atoms with Crippen molar-refractivity contribution in [1.29, 1.82) is 0 Å². The van der Waals surface area contributed by atoms with Crippen LogP contribution in [0.4, 0.5) is 5.69 Å². The van der Waals surface area contributed by atoms with Gasteiger partial charge in [-0.3, -0.25) is 9.00 Å². The molecule has 0 aliphatic heterocycles. The van der Waals surface area contributed by atoms with E-state index in [0.717, 1.165) is 30.5 Å². The van der Waals surface area contributed by atoms with Crippen LogP contribution >= 0.6 is 0 Å². The molecule has 1 amide bonds. The van der Waals surface area contributed by atoms with Crippen LogP contribution in [0.25, 0.3) is 0 Å². The molecule has 1 aromatic carbocycles. The highest BCUT2D eigenvalue weighted by Gasteiger charge is 2.25. The zero-order valence-corrected chi connectivity index (χ0v) is 13.3. The van der Waals surface area contributed by atoms with Gasteiger partial charge in [-0.05, 0) is 30.4 Å². The quantitative estimate of drug-likeness (QED) is 0.877. The number of hydrogen-bond donors (Lipinski definition) is 2. The number of carbonyl (C=O) groups excluding carboxylic acids is 1. The minimum Gasteiger partial charge on any atom is -0.326 e. The Hall–Kier alpha value is -1.20. The third kappa shape index (κ3) is 4.64. The summed E-state index contributed by atoms with van der Waals surface area (Å²) in [5, 5.41) is 3.00. The van der Waals surface area contributed by atoms with E-state index >= 15 is 0 Å². The molecule has 0 aromatic heterocycles. The van der Waals surface area contributed by atoms with Crippen LogP contribution in [-0.2, 0) is 22.1 Å². The molecule has 3 N–H and O–H groups in total. The molecule has 1 aromatic rings. The van der Waals surface area contributed by atoms with Gasteiger partial charge in [0, 0.05) is 28.3 Å². The maximum absolute atomic E-state index is 12.3. The second kappa shape index (κ2) is 7.71. The number of para-hydroxylation sites is 1. The van der Waals surface area contributed by atoms with Crippen molar-refractivity contribution in [2.45, 2.75) is 44.4 Å². The van der Waals surface area contributed by atoms with Crippen molar-refractivity contribution in [2.24, 2.45) is 11.7 Å². The van der Waals surface area contributed by atoms with Gasteiger partial charge in [0.15, 0.2) is 0 Å². The van der Waals surface area contributed by atoms with E-state index in [1.807, 2.05) is 24.3 Å². The molecule has 21 heavy (non-hydrogen) atoms. The molecular weight excluding hydrogens is 284 g/mol. The van der Waals surface area contributed by atoms with Crippen LogP contribution in [0.5, 0.6) is 0 Å². The molecule has 3 atom stereocenters. The normalized spacial score (nSPS) is 23.5. The van der Waals surface area contributed by atoms with Crippen LogP contribution in [0.3, 0.4) is 0 Å². The molecule has 0 saturated heterocycles. The second-order valence-electron chi connectivity index (χ2n) is 5.83. The lowest BCUT2D eigenvalue weighted by Gasteiger charge is -2.25. The van der Waals surface area contributed by atoms with Crippen LogP contribution < -0.4 is 11.1 Å². The number of benzene rings is 1. The minimum atomic E-state index is -1.08. The highest BCUT2D eigenvalue weighted by atomic mass is 32.2. The predicted octanol–water partition coefficient (Wildman–Crippen LogP) is 2.41. The summed E-state index contributed by atoms with van der Waals surface area (Å²) in [7, 11) is -1.08. The number of anilines is 1. The van der Waals surface area contributed by atoms with Gasteiger partial charge in [0.2, 0.25) is 5.91 Å². The molecule has 4 nitrogen and oxygen atoms in total. The molecule has 0 spiro atoms. The molecule has 116 valence electrons. The second-order valence-corrected chi connectivity index (χ2v) is 7.55. The lowest BCUT2D eigenvalue weighted by Crippen LogP contribution is -2.29.